The van der Waals surface area contributed by atoms with Gasteiger partial charge in [-0.15, -0.1) is 0 Å². The van der Waals surface area contributed by atoms with Crippen molar-refractivity contribution in [3.05, 3.63) is 62.6 Å². The zero-order chi connectivity index (χ0) is 15.2. The van der Waals surface area contributed by atoms with Gasteiger partial charge in [0.1, 0.15) is 12.4 Å². The van der Waals surface area contributed by atoms with Gasteiger partial charge < -0.3 is 10.1 Å². The van der Waals surface area contributed by atoms with E-state index in [4.69, 9.17) is 39.5 Å². The number of rotatable bonds is 6. The van der Waals surface area contributed by atoms with E-state index in [0.717, 1.165) is 23.4 Å². The first-order valence-corrected chi connectivity index (χ1v) is 7.80. The molecular formula is C16H16Cl3NO. The van der Waals surface area contributed by atoms with E-state index in [1.54, 1.807) is 18.2 Å². The fourth-order valence-corrected chi connectivity index (χ4v) is 2.61. The second-order valence-electron chi connectivity index (χ2n) is 4.52. The maximum atomic E-state index is 6.15. The Morgan fingerprint density at radius 3 is 2.43 bits per heavy atom. The van der Waals surface area contributed by atoms with Crippen molar-refractivity contribution in [1.82, 2.24) is 5.32 Å². The lowest BCUT2D eigenvalue weighted by atomic mass is 10.2. The molecule has 0 saturated heterocycles. The molecule has 2 aromatic rings. The Kier molecular flexibility index (Phi) is 6.19. The van der Waals surface area contributed by atoms with E-state index in [-0.39, 0.29) is 0 Å². The van der Waals surface area contributed by atoms with Gasteiger partial charge >= 0.3 is 0 Å². The number of halogens is 3. The summed E-state index contributed by atoms with van der Waals surface area (Å²) in [5, 5.41) is 5.15. The molecule has 0 aromatic heterocycles. The summed E-state index contributed by atoms with van der Waals surface area (Å²) in [5.74, 6) is 0.774. The molecule has 0 aliphatic rings. The summed E-state index contributed by atoms with van der Waals surface area (Å²) in [5.41, 5.74) is 1.79. The van der Waals surface area contributed by atoms with Crippen LogP contribution in [0, 0.1) is 0 Å². The Hall–Kier alpha value is -0.930. The highest BCUT2D eigenvalue weighted by Crippen LogP contribution is 2.28. The van der Waals surface area contributed by atoms with Crippen LogP contribution < -0.4 is 10.1 Å². The first-order valence-electron chi connectivity index (χ1n) is 6.66. The van der Waals surface area contributed by atoms with Crippen molar-refractivity contribution in [1.29, 1.82) is 0 Å². The van der Waals surface area contributed by atoms with Gasteiger partial charge in [-0.3, -0.25) is 0 Å². The minimum atomic E-state index is 0.319. The average molecular weight is 345 g/mol. The van der Waals surface area contributed by atoms with Gasteiger partial charge in [-0.1, -0.05) is 47.8 Å². The van der Waals surface area contributed by atoms with Crippen LogP contribution in [0.5, 0.6) is 5.75 Å². The zero-order valence-electron chi connectivity index (χ0n) is 11.6. The second kappa shape index (κ2) is 7.90. The van der Waals surface area contributed by atoms with Gasteiger partial charge in [0.25, 0.3) is 0 Å². The molecule has 0 aliphatic heterocycles. The Morgan fingerprint density at radius 1 is 1.05 bits per heavy atom. The van der Waals surface area contributed by atoms with Gasteiger partial charge in [-0.25, -0.2) is 0 Å². The second-order valence-corrected chi connectivity index (χ2v) is 5.77. The first kappa shape index (κ1) is 16.4. The summed E-state index contributed by atoms with van der Waals surface area (Å²) in [6, 6.07) is 11.0. The molecule has 0 fully saturated rings. The zero-order valence-corrected chi connectivity index (χ0v) is 13.9. The molecule has 2 aromatic carbocycles. The number of hydrogen-bond donors (Lipinski definition) is 1. The lowest BCUT2D eigenvalue weighted by Gasteiger charge is -2.14. The molecule has 0 spiro atoms. The predicted octanol–water partition coefficient (Wildman–Crippen LogP) is 5.34. The topological polar surface area (TPSA) is 21.3 Å². The minimum Gasteiger partial charge on any atom is -0.488 e. The summed E-state index contributed by atoms with van der Waals surface area (Å²) in [6.07, 6.45) is 0. The monoisotopic (exact) mass is 343 g/mol. The number of hydrogen-bond acceptors (Lipinski definition) is 2. The van der Waals surface area contributed by atoms with Crippen molar-refractivity contribution >= 4 is 34.8 Å². The van der Waals surface area contributed by atoms with Crippen LogP contribution >= 0.6 is 34.8 Å². The smallest absolute Gasteiger partial charge is 0.124 e. The van der Waals surface area contributed by atoms with E-state index < -0.39 is 0 Å². The Bertz CT molecular complexity index is 596. The molecule has 0 atom stereocenters. The molecular weight excluding hydrogens is 329 g/mol. The van der Waals surface area contributed by atoms with Crippen molar-refractivity contribution < 1.29 is 4.74 Å². The molecule has 5 heteroatoms. The van der Waals surface area contributed by atoms with Crippen molar-refractivity contribution in [2.75, 3.05) is 6.54 Å². The Labute approximate surface area is 140 Å². The molecule has 1 N–H and O–H groups in total. The summed E-state index contributed by atoms with van der Waals surface area (Å²) in [6.45, 7) is 3.94. The van der Waals surface area contributed by atoms with E-state index in [9.17, 15) is 0 Å². The lowest BCUT2D eigenvalue weighted by molar-refractivity contribution is 0.302. The fourth-order valence-electron chi connectivity index (χ4n) is 1.91. The van der Waals surface area contributed by atoms with Crippen LogP contribution in [0.1, 0.15) is 18.1 Å². The summed E-state index contributed by atoms with van der Waals surface area (Å²) >= 11 is 18.3. The van der Waals surface area contributed by atoms with Crippen LogP contribution in [-0.2, 0) is 13.2 Å². The van der Waals surface area contributed by atoms with E-state index >= 15 is 0 Å². The summed E-state index contributed by atoms with van der Waals surface area (Å²) in [4.78, 5) is 0. The number of nitrogens with one attached hydrogen (secondary N) is 1. The predicted molar refractivity (Wildman–Crippen MR) is 89.6 cm³/mol. The van der Waals surface area contributed by atoms with Gasteiger partial charge in [-0.05, 0) is 36.9 Å². The van der Waals surface area contributed by atoms with Crippen LogP contribution in [0.2, 0.25) is 15.1 Å². The molecule has 21 heavy (non-hydrogen) atoms. The molecule has 0 bridgehead atoms. The molecule has 0 unspecified atom stereocenters. The molecule has 0 heterocycles. The first-order chi connectivity index (χ1) is 10.1. The van der Waals surface area contributed by atoms with Gasteiger partial charge in [0, 0.05) is 32.7 Å². The Balaban J connectivity index is 2.16. The highest BCUT2D eigenvalue weighted by atomic mass is 35.5. The highest BCUT2D eigenvalue weighted by molar-refractivity contribution is 6.35. The van der Waals surface area contributed by atoms with Gasteiger partial charge in [0.05, 0.1) is 0 Å². The van der Waals surface area contributed by atoms with Crippen LogP contribution in [0.4, 0.5) is 0 Å². The van der Waals surface area contributed by atoms with Crippen molar-refractivity contribution in [2.45, 2.75) is 20.1 Å². The van der Waals surface area contributed by atoms with Gasteiger partial charge in [-0.2, -0.15) is 0 Å². The molecule has 0 radical (unpaired) electrons. The summed E-state index contributed by atoms with van der Waals surface area (Å²) < 4.78 is 5.87. The number of benzene rings is 2. The Morgan fingerprint density at radius 2 is 1.76 bits per heavy atom. The van der Waals surface area contributed by atoms with Crippen LogP contribution in [0.3, 0.4) is 0 Å². The largest absolute Gasteiger partial charge is 0.488 e. The molecule has 2 rings (SSSR count). The van der Waals surface area contributed by atoms with Gasteiger partial charge in [0.15, 0.2) is 0 Å². The maximum absolute atomic E-state index is 6.15. The SMILES string of the molecule is CCNCc1cc(Cl)ccc1OCc1c(Cl)cccc1Cl. The standard InChI is InChI=1S/C16H16Cl3NO/c1-2-20-9-11-8-12(17)6-7-16(11)21-10-13-14(18)4-3-5-15(13)19/h3-8,20H,2,9-10H2,1H3. The van der Waals surface area contributed by atoms with Crippen molar-refractivity contribution in [2.24, 2.45) is 0 Å². The van der Waals surface area contributed by atoms with Crippen molar-refractivity contribution in [3.8, 4) is 5.75 Å². The number of ether oxygens (including phenoxy) is 1. The molecule has 112 valence electrons. The molecule has 2 nitrogen and oxygen atoms in total. The lowest BCUT2D eigenvalue weighted by Crippen LogP contribution is -2.13. The third-order valence-corrected chi connectivity index (χ3v) is 3.96. The van der Waals surface area contributed by atoms with E-state index in [1.807, 2.05) is 18.2 Å². The third-order valence-electron chi connectivity index (χ3n) is 3.02. The quantitative estimate of drug-likeness (QED) is 0.764. The maximum Gasteiger partial charge on any atom is 0.124 e. The summed E-state index contributed by atoms with van der Waals surface area (Å²) in [7, 11) is 0. The molecule has 0 amide bonds. The normalized spacial score (nSPS) is 10.7. The van der Waals surface area contributed by atoms with E-state index in [1.165, 1.54) is 0 Å². The molecule has 0 aliphatic carbocycles. The third kappa shape index (κ3) is 4.52. The minimum absolute atomic E-state index is 0.319. The van der Waals surface area contributed by atoms with Crippen molar-refractivity contribution in [3.63, 3.8) is 0 Å². The van der Waals surface area contributed by atoms with Crippen LogP contribution in [0.15, 0.2) is 36.4 Å². The highest BCUT2D eigenvalue weighted by Gasteiger charge is 2.09. The van der Waals surface area contributed by atoms with Crippen LogP contribution in [0.25, 0.3) is 0 Å². The van der Waals surface area contributed by atoms with E-state index in [2.05, 4.69) is 12.2 Å². The molecule has 0 saturated carbocycles. The van der Waals surface area contributed by atoms with Gasteiger partial charge in [0.2, 0.25) is 0 Å². The van der Waals surface area contributed by atoms with E-state index in [0.29, 0.717) is 28.2 Å². The average Bonchev–Trinajstić information content (AvgIpc) is 2.46. The fraction of sp³-hybridized carbons (Fsp3) is 0.250. The van der Waals surface area contributed by atoms with Crippen LogP contribution in [-0.4, -0.2) is 6.54 Å².